The molecule has 0 fully saturated rings. The summed E-state index contributed by atoms with van der Waals surface area (Å²) in [6.07, 6.45) is -5.66. The van der Waals surface area contributed by atoms with Gasteiger partial charge in [-0.3, -0.25) is 0 Å². The van der Waals surface area contributed by atoms with E-state index in [2.05, 4.69) is 4.98 Å². The molecule has 0 saturated carbocycles. The Bertz CT molecular complexity index is 555. The van der Waals surface area contributed by atoms with E-state index >= 15 is 0 Å². The van der Waals surface area contributed by atoms with Crippen molar-refractivity contribution in [3.8, 4) is 0 Å². The highest BCUT2D eigenvalue weighted by atomic mass is 19.4. The maximum Gasteiger partial charge on any atom is 0.461 e. The molecule has 0 unspecified atom stereocenters. The Morgan fingerprint density at radius 1 is 1.12 bits per heavy atom. The Morgan fingerprint density at radius 3 is 2.35 bits per heavy atom. The first-order valence-corrected chi connectivity index (χ1v) is 4.63. The molecule has 0 spiro atoms. The lowest BCUT2D eigenvalue weighted by Crippen LogP contribution is -2.34. The monoisotopic (exact) mass is 250 g/mol. The summed E-state index contributed by atoms with van der Waals surface area (Å²) in [7, 11) is 0. The fourth-order valence-corrected chi connectivity index (χ4v) is 1.41. The Hall–Kier alpha value is -1.66. The van der Waals surface area contributed by atoms with Crippen LogP contribution >= 0.6 is 0 Å². The van der Waals surface area contributed by atoms with Crippen molar-refractivity contribution in [1.29, 1.82) is 0 Å². The second-order valence-electron chi connectivity index (χ2n) is 3.68. The number of nitrogens with one attached hydrogen (secondary N) is 1. The lowest BCUT2D eigenvalue weighted by Gasteiger charge is -2.16. The van der Waals surface area contributed by atoms with Crippen molar-refractivity contribution in [2.75, 3.05) is 0 Å². The second kappa shape index (κ2) is 3.41. The van der Waals surface area contributed by atoms with Crippen LogP contribution in [0.2, 0.25) is 0 Å². The first-order valence-electron chi connectivity index (χ1n) is 4.63. The van der Waals surface area contributed by atoms with Crippen molar-refractivity contribution in [2.45, 2.75) is 19.0 Å². The summed E-state index contributed by atoms with van der Waals surface area (Å²) >= 11 is 0. The van der Waals surface area contributed by atoms with Crippen LogP contribution in [0.3, 0.4) is 0 Å². The molecule has 0 atom stereocenters. The highest BCUT2D eigenvalue weighted by molar-refractivity contribution is 5.75. The number of rotatable bonds is 1. The van der Waals surface area contributed by atoms with E-state index in [9.17, 15) is 22.0 Å². The first kappa shape index (κ1) is 11.8. The Kier molecular flexibility index (Phi) is 2.37. The van der Waals surface area contributed by atoms with E-state index in [1.807, 2.05) is 4.98 Å². The molecule has 2 nitrogen and oxygen atoms in total. The minimum atomic E-state index is -5.66. The maximum atomic E-state index is 13.0. The molecule has 2 rings (SSSR count). The molecule has 0 saturated heterocycles. The zero-order valence-corrected chi connectivity index (χ0v) is 8.57. The standard InChI is InChI=1S/C10H7F5N2/c1-5-2-3-6-7(4-5)17-8(16-6)9(11,12)10(13,14)15/h2-4H,1H3,(H,16,17). The molecule has 1 aromatic heterocycles. The number of benzene rings is 1. The number of alkyl halides is 5. The van der Waals surface area contributed by atoms with Crippen molar-refractivity contribution in [3.63, 3.8) is 0 Å². The number of imidazole rings is 1. The van der Waals surface area contributed by atoms with Gasteiger partial charge in [-0.2, -0.15) is 22.0 Å². The summed E-state index contributed by atoms with van der Waals surface area (Å²) in [6, 6.07) is 4.42. The average molecular weight is 250 g/mol. The molecule has 1 N–H and O–H groups in total. The smallest absolute Gasteiger partial charge is 0.337 e. The van der Waals surface area contributed by atoms with Gasteiger partial charge in [0.2, 0.25) is 0 Å². The van der Waals surface area contributed by atoms with E-state index in [4.69, 9.17) is 0 Å². The molecule has 0 aliphatic rings. The predicted molar refractivity (Wildman–Crippen MR) is 50.8 cm³/mol. The van der Waals surface area contributed by atoms with Gasteiger partial charge in [0, 0.05) is 0 Å². The zero-order chi connectivity index (χ0) is 12.8. The Labute approximate surface area is 92.5 Å². The number of aryl methyl sites for hydroxylation is 1. The number of hydrogen-bond acceptors (Lipinski definition) is 1. The van der Waals surface area contributed by atoms with Crippen LogP contribution in [-0.4, -0.2) is 16.1 Å². The minimum Gasteiger partial charge on any atom is -0.337 e. The van der Waals surface area contributed by atoms with Crippen LogP contribution in [0.5, 0.6) is 0 Å². The van der Waals surface area contributed by atoms with Gasteiger partial charge in [0.05, 0.1) is 11.0 Å². The van der Waals surface area contributed by atoms with Crippen molar-refractivity contribution in [2.24, 2.45) is 0 Å². The number of H-pyrrole nitrogens is 1. The van der Waals surface area contributed by atoms with Gasteiger partial charge >= 0.3 is 12.1 Å². The van der Waals surface area contributed by atoms with Crippen LogP contribution in [0, 0.1) is 6.92 Å². The Balaban J connectivity index is 2.57. The van der Waals surface area contributed by atoms with Gasteiger partial charge in [0.15, 0.2) is 5.82 Å². The number of hydrogen-bond donors (Lipinski definition) is 1. The average Bonchev–Trinajstić information content (AvgIpc) is 2.58. The van der Waals surface area contributed by atoms with E-state index < -0.39 is 17.9 Å². The summed E-state index contributed by atoms with van der Waals surface area (Å²) in [5.41, 5.74) is 0.974. The number of fused-ring (bicyclic) bond motifs is 1. The number of aromatic amines is 1. The lowest BCUT2D eigenvalue weighted by atomic mass is 10.2. The zero-order valence-electron chi connectivity index (χ0n) is 8.57. The topological polar surface area (TPSA) is 28.7 Å². The minimum absolute atomic E-state index is 0.0783. The summed E-state index contributed by atoms with van der Waals surface area (Å²) in [5.74, 6) is -6.36. The SMILES string of the molecule is Cc1ccc2nc(C(F)(F)C(F)(F)F)[nH]c2c1. The van der Waals surface area contributed by atoms with Crippen LogP contribution in [-0.2, 0) is 5.92 Å². The van der Waals surface area contributed by atoms with Gasteiger partial charge in [0.25, 0.3) is 0 Å². The Morgan fingerprint density at radius 2 is 1.76 bits per heavy atom. The van der Waals surface area contributed by atoms with Crippen molar-refractivity contribution in [3.05, 3.63) is 29.6 Å². The van der Waals surface area contributed by atoms with E-state index in [0.29, 0.717) is 0 Å². The molecular formula is C10H7F5N2. The molecule has 0 aliphatic carbocycles. The van der Waals surface area contributed by atoms with E-state index in [0.717, 1.165) is 5.56 Å². The molecule has 92 valence electrons. The van der Waals surface area contributed by atoms with E-state index in [-0.39, 0.29) is 11.0 Å². The van der Waals surface area contributed by atoms with Gasteiger partial charge in [-0.05, 0) is 24.6 Å². The molecule has 1 heterocycles. The molecule has 2 aromatic rings. The third kappa shape index (κ3) is 1.85. The molecule has 17 heavy (non-hydrogen) atoms. The van der Waals surface area contributed by atoms with Gasteiger partial charge in [0.1, 0.15) is 0 Å². The lowest BCUT2D eigenvalue weighted by molar-refractivity contribution is -0.292. The van der Waals surface area contributed by atoms with Gasteiger partial charge in [-0.25, -0.2) is 4.98 Å². The maximum absolute atomic E-state index is 13.0. The van der Waals surface area contributed by atoms with Gasteiger partial charge < -0.3 is 4.98 Å². The normalized spacial score (nSPS) is 13.3. The van der Waals surface area contributed by atoms with Crippen molar-refractivity contribution >= 4 is 11.0 Å². The highest BCUT2D eigenvalue weighted by Gasteiger charge is 2.61. The molecule has 0 radical (unpaired) electrons. The van der Waals surface area contributed by atoms with Crippen LogP contribution in [0.15, 0.2) is 18.2 Å². The highest BCUT2D eigenvalue weighted by Crippen LogP contribution is 2.42. The fraction of sp³-hybridized carbons (Fsp3) is 0.300. The molecule has 0 amide bonds. The summed E-state index contributed by atoms with van der Waals surface area (Å²) < 4.78 is 62.3. The van der Waals surface area contributed by atoms with Crippen molar-refractivity contribution in [1.82, 2.24) is 9.97 Å². The van der Waals surface area contributed by atoms with Gasteiger partial charge in [-0.15, -0.1) is 0 Å². The number of aromatic nitrogens is 2. The molecule has 1 aromatic carbocycles. The third-order valence-corrected chi connectivity index (χ3v) is 2.29. The summed E-state index contributed by atoms with van der Waals surface area (Å²) in [6.45, 7) is 1.70. The fourth-order valence-electron chi connectivity index (χ4n) is 1.41. The second-order valence-corrected chi connectivity index (χ2v) is 3.68. The molecule has 0 bridgehead atoms. The quantitative estimate of drug-likeness (QED) is 0.770. The number of halogens is 5. The van der Waals surface area contributed by atoms with Crippen molar-refractivity contribution < 1.29 is 22.0 Å². The van der Waals surface area contributed by atoms with Gasteiger partial charge in [-0.1, -0.05) is 6.07 Å². The van der Waals surface area contributed by atoms with Crippen LogP contribution < -0.4 is 0 Å². The predicted octanol–water partition coefficient (Wildman–Crippen LogP) is 3.53. The van der Waals surface area contributed by atoms with E-state index in [1.165, 1.54) is 12.1 Å². The first-order chi connectivity index (χ1) is 7.72. The van der Waals surface area contributed by atoms with Crippen LogP contribution in [0.25, 0.3) is 11.0 Å². The van der Waals surface area contributed by atoms with Crippen LogP contribution in [0.4, 0.5) is 22.0 Å². The summed E-state index contributed by atoms with van der Waals surface area (Å²) in [4.78, 5) is 5.27. The number of nitrogens with zero attached hydrogens (tertiary/aromatic N) is 1. The molecule has 7 heteroatoms. The molecule has 0 aliphatic heterocycles. The molecular weight excluding hydrogens is 243 g/mol. The summed E-state index contributed by atoms with van der Waals surface area (Å²) in [5, 5.41) is 0. The third-order valence-electron chi connectivity index (χ3n) is 2.29. The van der Waals surface area contributed by atoms with E-state index in [1.54, 1.807) is 13.0 Å². The largest absolute Gasteiger partial charge is 0.461 e. The van der Waals surface area contributed by atoms with Crippen LogP contribution in [0.1, 0.15) is 11.4 Å².